The SMILES string of the molecule is O=C(COC(=O)/C=C/c1nc2ccccc2s1)Nc1nc(-c2ccc(F)c(F)c2)cs1. The number of thiazole rings is 2. The van der Waals surface area contributed by atoms with Crippen LogP contribution in [0.25, 0.3) is 27.6 Å². The number of ether oxygens (including phenoxy) is 1. The lowest BCUT2D eigenvalue weighted by atomic mass is 10.2. The molecule has 0 atom stereocenters. The Labute approximate surface area is 182 Å². The number of para-hydroxylation sites is 1. The van der Waals surface area contributed by atoms with Gasteiger partial charge in [0, 0.05) is 17.0 Å². The van der Waals surface area contributed by atoms with Crippen molar-refractivity contribution < 1.29 is 23.1 Å². The molecule has 2 aromatic carbocycles. The van der Waals surface area contributed by atoms with Gasteiger partial charge in [-0.15, -0.1) is 22.7 Å². The molecule has 0 unspecified atom stereocenters. The van der Waals surface area contributed by atoms with Crippen LogP contribution >= 0.6 is 22.7 Å². The van der Waals surface area contributed by atoms with Gasteiger partial charge in [0.1, 0.15) is 5.01 Å². The number of aromatic nitrogens is 2. The number of carbonyl (C=O) groups is 2. The van der Waals surface area contributed by atoms with Crippen molar-refractivity contribution in [3.05, 3.63) is 70.6 Å². The second-order valence-corrected chi connectivity index (χ2v) is 8.10. The van der Waals surface area contributed by atoms with Gasteiger partial charge in [0.2, 0.25) is 0 Å². The number of amides is 1. The molecule has 0 radical (unpaired) electrons. The third-order valence-corrected chi connectivity index (χ3v) is 5.74. The van der Waals surface area contributed by atoms with Gasteiger partial charge in [0.25, 0.3) is 5.91 Å². The fraction of sp³-hybridized carbons (Fsp3) is 0.0476. The monoisotopic (exact) mass is 457 g/mol. The zero-order valence-corrected chi connectivity index (χ0v) is 17.3. The Balaban J connectivity index is 1.29. The molecular formula is C21H13F2N3O3S2. The van der Waals surface area contributed by atoms with Crippen LogP contribution in [0.3, 0.4) is 0 Å². The molecule has 0 fully saturated rings. The van der Waals surface area contributed by atoms with E-state index in [9.17, 15) is 18.4 Å². The Bertz CT molecular complexity index is 1270. The molecule has 4 rings (SSSR count). The number of carbonyl (C=O) groups excluding carboxylic acids is 2. The normalized spacial score (nSPS) is 11.2. The molecule has 0 aliphatic carbocycles. The quantitative estimate of drug-likeness (QED) is 0.329. The molecule has 1 amide bonds. The van der Waals surface area contributed by atoms with E-state index in [0.29, 0.717) is 16.3 Å². The highest BCUT2D eigenvalue weighted by molar-refractivity contribution is 7.19. The highest BCUT2D eigenvalue weighted by Gasteiger charge is 2.11. The zero-order chi connectivity index (χ0) is 21.8. The number of hydrogen-bond acceptors (Lipinski definition) is 7. The smallest absolute Gasteiger partial charge is 0.331 e. The predicted octanol–water partition coefficient (Wildman–Crippen LogP) is 4.89. The lowest BCUT2D eigenvalue weighted by molar-refractivity contribution is -0.142. The summed E-state index contributed by atoms with van der Waals surface area (Å²) in [6, 6.07) is 11.0. The van der Waals surface area contributed by atoms with E-state index in [1.54, 1.807) is 5.38 Å². The van der Waals surface area contributed by atoms with Crippen molar-refractivity contribution in [3.8, 4) is 11.3 Å². The number of fused-ring (bicyclic) bond motifs is 1. The standard InChI is InChI=1S/C21H13F2N3O3S2/c22-13-6-5-12(9-14(13)23)16-11-30-21(25-16)26-18(27)10-29-20(28)8-7-19-24-15-3-1-2-4-17(15)31-19/h1-9,11H,10H2,(H,25,26,27)/b8-7+. The molecule has 10 heteroatoms. The van der Waals surface area contributed by atoms with E-state index in [1.165, 1.54) is 29.6 Å². The summed E-state index contributed by atoms with van der Waals surface area (Å²) in [6.07, 6.45) is 2.73. The van der Waals surface area contributed by atoms with Crippen molar-refractivity contribution in [3.63, 3.8) is 0 Å². The van der Waals surface area contributed by atoms with Crippen LogP contribution in [-0.4, -0.2) is 28.5 Å². The molecule has 0 saturated carbocycles. The molecule has 4 aromatic rings. The first-order chi connectivity index (χ1) is 15.0. The Morgan fingerprint density at radius 2 is 1.94 bits per heavy atom. The fourth-order valence-corrected chi connectivity index (χ4v) is 4.17. The van der Waals surface area contributed by atoms with Crippen LogP contribution in [0.15, 0.2) is 53.9 Å². The van der Waals surface area contributed by atoms with Crippen molar-refractivity contribution in [1.29, 1.82) is 0 Å². The van der Waals surface area contributed by atoms with Crippen LogP contribution in [0.1, 0.15) is 5.01 Å². The average molecular weight is 457 g/mol. The molecule has 0 aliphatic rings. The van der Waals surface area contributed by atoms with Gasteiger partial charge >= 0.3 is 5.97 Å². The molecule has 31 heavy (non-hydrogen) atoms. The Hall–Kier alpha value is -3.50. The van der Waals surface area contributed by atoms with Gasteiger partial charge in [-0.2, -0.15) is 0 Å². The summed E-state index contributed by atoms with van der Waals surface area (Å²) in [5.74, 6) is -3.20. The first-order valence-electron chi connectivity index (χ1n) is 8.89. The van der Waals surface area contributed by atoms with Crippen molar-refractivity contribution in [2.24, 2.45) is 0 Å². The number of anilines is 1. The summed E-state index contributed by atoms with van der Waals surface area (Å²) in [4.78, 5) is 32.4. The van der Waals surface area contributed by atoms with E-state index in [4.69, 9.17) is 4.74 Å². The number of nitrogens with zero attached hydrogens (tertiary/aromatic N) is 2. The zero-order valence-electron chi connectivity index (χ0n) is 15.7. The minimum atomic E-state index is -0.984. The minimum Gasteiger partial charge on any atom is -0.452 e. The van der Waals surface area contributed by atoms with Gasteiger partial charge in [0.15, 0.2) is 23.4 Å². The number of rotatable bonds is 6. The molecule has 1 N–H and O–H groups in total. The van der Waals surface area contributed by atoms with Crippen LogP contribution in [0.4, 0.5) is 13.9 Å². The second-order valence-electron chi connectivity index (χ2n) is 6.18. The Morgan fingerprint density at radius 3 is 2.74 bits per heavy atom. The molecular weight excluding hydrogens is 444 g/mol. The van der Waals surface area contributed by atoms with Gasteiger partial charge in [0.05, 0.1) is 15.9 Å². The number of nitrogens with one attached hydrogen (secondary N) is 1. The van der Waals surface area contributed by atoms with E-state index in [1.807, 2.05) is 24.3 Å². The summed E-state index contributed by atoms with van der Waals surface area (Å²) < 4.78 is 32.3. The Kier molecular flexibility index (Phi) is 6.10. The number of esters is 1. The van der Waals surface area contributed by atoms with Gasteiger partial charge < -0.3 is 4.74 Å². The number of halogens is 2. The van der Waals surface area contributed by atoms with E-state index in [-0.39, 0.29) is 5.13 Å². The molecule has 0 saturated heterocycles. The van der Waals surface area contributed by atoms with Crippen molar-refractivity contribution in [2.75, 3.05) is 11.9 Å². The van der Waals surface area contributed by atoms with Crippen molar-refractivity contribution >= 4 is 56.0 Å². The summed E-state index contributed by atoms with van der Waals surface area (Å²) in [5, 5.41) is 4.98. The largest absolute Gasteiger partial charge is 0.452 e. The predicted molar refractivity (Wildman–Crippen MR) is 116 cm³/mol. The van der Waals surface area contributed by atoms with E-state index in [0.717, 1.165) is 33.7 Å². The van der Waals surface area contributed by atoms with E-state index in [2.05, 4.69) is 15.3 Å². The van der Waals surface area contributed by atoms with Crippen LogP contribution in [0.2, 0.25) is 0 Å². The molecule has 2 aromatic heterocycles. The fourth-order valence-electron chi connectivity index (χ4n) is 2.56. The maximum absolute atomic E-state index is 13.4. The minimum absolute atomic E-state index is 0.241. The summed E-state index contributed by atoms with van der Waals surface area (Å²) in [5.41, 5.74) is 1.60. The van der Waals surface area contributed by atoms with E-state index >= 15 is 0 Å². The summed E-state index contributed by atoms with van der Waals surface area (Å²) >= 11 is 2.54. The lowest BCUT2D eigenvalue weighted by Crippen LogP contribution is -2.20. The Morgan fingerprint density at radius 1 is 1.10 bits per heavy atom. The molecule has 2 heterocycles. The molecule has 0 spiro atoms. The van der Waals surface area contributed by atoms with Crippen molar-refractivity contribution in [1.82, 2.24) is 9.97 Å². The van der Waals surface area contributed by atoms with Gasteiger partial charge in [-0.1, -0.05) is 12.1 Å². The van der Waals surface area contributed by atoms with Crippen molar-refractivity contribution in [2.45, 2.75) is 0 Å². The third kappa shape index (κ3) is 5.16. The maximum atomic E-state index is 13.4. The summed E-state index contributed by atoms with van der Waals surface area (Å²) in [7, 11) is 0. The highest BCUT2D eigenvalue weighted by Crippen LogP contribution is 2.26. The van der Waals surface area contributed by atoms with E-state index < -0.39 is 30.1 Å². The lowest BCUT2D eigenvalue weighted by Gasteiger charge is -2.02. The first kappa shape index (κ1) is 20.8. The molecule has 156 valence electrons. The van der Waals surface area contributed by atoms with Crippen LogP contribution < -0.4 is 5.32 Å². The van der Waals surface area contributed by atoms with Crippen LogP contribution in [-0.2, 0) is 14.3 Å². The average Bonchev–Trinajstić information content (AvgIpc) is 3.39. The second kappa shape index (κ2) is 9.11. The maximum Gasteiger partial charge on any atom is 0.331 e. The van der Waals surface area contributed by atoms with Crippen LogP contribution in [0.5, 0.6) is 0 Å². The topological polar surface area (TPSA) is 81.2 Å². The highest BCUT2D eigenvalue weighted by atomic mass is 32.1. The first-order valence-corrected chi connectivity index (χ1v) is 10.6. The number of hydrogen-bond donors (Lipinski definition) is 1. The van der Waals surface area contributed by atoms with Gasteiger partial charge in [-0.25, -0.2) is 23.5 Å². The molecule has 6 nitrogen and oxygen atoms in total. The summed E-state index contributed by atoms with van der Waals surface area (Å²) in [6.45, 7) is -0.497. The number of benzene rings is 2. The van der Waals surface area contributed by atoms with Crippen LogP contribution in [0, 0.1) is 11.6 Å². The van der Waals surface area contributed by atoms with Gasteiger partial charge in [-0.05, 0) is 36.4 Å². The van der Waals surface area contributed by atoms with Gasteiger partial charge in [-0.3, -0.25) is 10.1 Å². The molecule has 0 aliphatic heterocycles. The molecule has 0 bridgehead atoms. The third-order valence-electron chi connectivity index (χ3n) is 3.98.